The summed E-state index contributed by atoms with van der Waals surface area (Å²) >= 11 is 0. The van der Waals surface area contributed by atoms with Gasteiger partial charge >= 0.3 is 0 Å². The number of primary amides is 1. The normalized spacial score (nSPS) is 20.8. The maximum Gasteiger partial charge on any atom is 0.239 e. The first-order chi connectivity index (χ1) is 10.0. The average molecular weight is 289 g/mol. The SMILES string of the molecule is CCCNC(=O)CN1c2ccccc2[C@H](C(N)=O)C[C@@H]1C. The molecule has 1 heterocycles. The van der Waals surface area contributed by atoms with E-state index in [4.69, 9.17) is 5.73 Å². The highest BCUT2D eigenvalue weighted by molar-refractivity contribution is 5.87. The number of fused-ring (bicyclic) bond motifs is 1. The second-order valence-corrected chi connectivity index (χ2v) is 5.58. The number of carbonyl (C=O) groups excluding carboxylic acids is 2. The van der Waals surface area contributed by atoms with Crippen molar-refractivity contribution in [3.05, 3.63) is 29.8 Å². The summed E-state index contributed by atoms with van der Waals surface area (Å²) in [4.78, 5) is 25.7. The van der Waals surface area contributed by atoms with Crippen LogP contribution in [0.4, 0.5) is 5.69 Å². The summed E-state index contributed by atoms with van der Waals surface area (Å²) in [5.74, 6) is -0.563. The van der Waals surface area contributed by atoms with Crippen molar-refractivity contribution in [3.63, 3.8) is 0 Å². The summed E-state index contributed by atoms with van der Waals surface area (Å²) in [7, 11) is 0. The highest BCUT2D eigenvalue weighted by Gasteiger charge is 2.33. The molecule has 1 aliphatic rings. The third-order valence-corrected chi connectivity index (χ3v) is 3.96. The number of nitrogens with zero attached hydrogens (tertiary/aromatic N) is 1. The van der Waals surface area contributed by atoms with Crippen LogP contribution in [-0.4, -0.2) is 30.9 Å². The van der Waals surface area contributed by atoms with Crippen LogP contribution in [0.15, 0.2) is 24.3 Å². The molecule has 0 fully saturated rings. The van der Waals surface area contributed by atoms with Gasteiger partial charge in [0.25, 0.3) is 0 Å². The first-order valence-electron chi connectivity index (χ1n) is 7.46. The summed E-state index contributed by atoms with van der Waals surface area (Å²) < 4.78 is 0. The number of hydrogen-bond donors (Lipinski definition) is 2. The van der Waals surface area contributed by atoms with E-state index in [0.29, 0.717) is 19.5 Å². The van der Waals surface area contributed by atoms with Crippen LogP contribution < -0.4 is 16.0 Å². The zero-order valence-electron chi connectivity index (χ0n) is 12.6. The van der Waals surface area contributed by atoms with Crippen LogP contribution >= 0.6 is 0 Å². The van der Waals surface area contributed by atoms with Gasteiger partial charge in [-0.05, 0) is 31.4 Å². The second-order valence-electron chi connectivity index (χ2n) is 5.58. The van der Waals surface area contributed by atoms with Gasteiger partial charge in [-0.1, -0.05) is 25.1 Å². The Morgan fingerprint density at radius 2 is 2.10 bits per heavy atom. The van der Waals surface area contributed by atoms with Gasteiger partial charge in [0, 0.05) is 18.3 Å². The molecule has 0 spiro atoms. The Labute approximate surface area is 125 Å². The molecule has 0 unspecified atom stereocenters. The van der Waals surface area contributed by atoms with Crippen molar-refractivity contribution in [2.45, 2.75) is 38.6 Å². The van der Waals surface area contributed by atoms with Crippen LogP contribution in [0.3, 0.4) is 0 Å². The van der Waals surface area contributed by atoms with Crippen LogP contribution in [0.1, 0.15) is 38.2 Å². The molecule has 114 valence electrons. The predicted molar refractivity (Wildman–Crippen MR) is 83.1 cm³/mol. The number of hydrogen-bond acceptors (Lipinski definition) is 3. The molecule has 0 aromatic heterocycles. The molecule has 1 aromatic rings. The molecular weight excluding hydrogens is 266 g/mol. The second kappa shape index (κ2) is 6.61. The minimum absolute atomic E-state index is 0.0102. The zero-order chi connectivity index (χ0) is 15.4. The third kappa shape index (κ3) is 3.35. The number of rotatable bonds is 5. The van der Waals surface area contributed by atoms with Gasteiger partial charge in [-0.25, -0.2) is 0 Å². The van der Waals surface area contributed by atoms with Gasteiger partial charge in [-0.3, -0.25) is 9.59 Å². The maximum atomic E-state index is 12.0. The van der Waals surface area contributed by atoms with Crippen LogP contribution in [0.25, 0.3) is 0 Å². The molecule has 0 radical (unpaired) electrons. The highest BCUT2D eigenvalue weighted by Crippen LogP contribution is 2.37. The van der Waals surface area contributed by atoms with Crippen molar-refractivity contribution in [1.29, 1.82) is 0 Å². The Morgan fingerprint density at radius 1 is 1.38 bits per heavy atom. The minimum Gasteiger partial charge on any atom is -0.369 e. The lowest BCUT2D eigenvalue weighted by Gasteiger charge is -2.39. The number of nitrogens with one attached hydrogen (secondary N) is 1. The lowest BCUT2D eigenvalue weighted by atomic mass is 9.85. The summed E-state index contributed by atoms with van der Waals surface area (Å²) in [6.07, 6.45) is 1.56. The van der Waals surface area contributed by atoms with Crippen molar-refractivity contribution < 1.29 is 9.59 Å². The Bertz CT molecular complexity index is 530. The smallest absolute Gasteiger partial charge is 0.239 e. The fourth-order valence-corrected chi connectivity index (χ4v) is 2.86. The van der Waals surface area contributed by atoms with Crippen molar-refractivity contribution in [2.75, 3.05) is 18.0 Å². The van der Waals surface area contributed by atoms with Gasteiger partial charge in [0.1, 0.15) is 0 Å². The first-order valence-corrected chi connectivity index (χ1v) is 7.46. The topological polar surface area (TPSA) is 75.4 Å². The van der Waals surface area contributed by atoms with Gasteiger partial charge < -0.3 is 16.0 Å². The lowest BCUT2D eigenvalue weighted by Crippen LogP contribution is -2.46. The van der Waals surface area contributed by atoms with E-state index in [1.807, 2.05) is 38.1 Å². The van der Waals surface area contributed by atoms with Crippen LogP contribution in [0.2, 0.25) is 0 Å². The third-order valence-electron chi connectivity index (χ3n) is 3.96. The van der Waals surface area contributed by atoms with E-state index >= 15 is 0 Å². The molecule has 3 N–H and O–H groups in total. The first kappa shape index (κ1) is 15.4. The quantitative estimate of drug-likeness (QED) is 0.860. The molecule has 2 rings (SSSR count). The van der Waals surface area contributed by atoms with Gasteiger partial charge in [0.2, 0.25) is 11.8 Å². The number of anilines is 1. The lowest BCUT2D eigenvalue weighted by molar-refractivity contribution is -0.120. The fraction of sp³-hybridized carbons (Fsp3) is 0.500. The fourth-order valence-electron chi connectivity index (χ4n) is 2.86. The summed E-state index contributed by atoms with van der Waals surface area (Å²) in [6.45, 7) is 5.05. The molecule has 5 heteroatoms. The Morgan fingerprint density at radius 3 is 2.76 bits per heavy atom. The predicted octanol–water partition coefficient (Wildman–Crippen LogP) is 1.38. The molecule has 5 nitrogen and oxygen atoms in total. The van der Waals surface area contributed by atoms with E-state index in [9.17, 15) is 9.59 Å². The Kier molecular flexibility index (Phi) is 4.83. The van der Waals surface area contributed by atoms with Crippen LogP contribution in [0, 0.1) is 0 Å². The Balaban J connectivity index is 2.24. The molecule has 2 amide bonds. The van der Waals surface area contributed by atoms with Gasteiger partial charge in [-0.15, -0.1) is 0 Å². The molecule has 2 atom stereocenters. The van der Waals surface area contributed by atoms with Crippen molar-refractivity contribution in [3.8, 4) is 0 Å². The van der Waals surface area contributed by atoms with Gasteiger partial charge in [-0.2, -0.15) is 0 Å². The van der Waals surface area contributed by atoms with Crippen molar-refractivity contribution in [1.82, 2.24) is 5.32 Å². The van der Waals surface area contributed by atoms with E-state index in [1.54, 1.807) is 0 Å². The minimum atomic E-state index is -0.301. The molecule has 21 heavy (non-hydrogen) atoms. The molecule has 0 saturated carbocycles. The van der Waals surface area contributed by atoms with E-state index in [-0.39, 0.29) is 23.8 Å². The zero-order valence-corrected chi connectivity index (χ0v) is 12.6. The van der Waals surface area contributed by atoms with Crippen molar-refractivity contribution in [2.24, 2.45) is 5.73 Å². The van der Waals surface area contributed by atoms with E-state index in [0.717, 1.165) is 17.7 Å². The Hall–Kier alpha value is -2.04. The van der Waals surface area contributed by atoms with E-state index in [1.165, 1.54) is 0 Å². The number of nitrogens with two attached hydrogens (primary N) is 1. The molecule has 0 saturated heterocycles. The largest absolute Gasteiger partial charge is 0.369 e. The number of benzene rings is 1. The molecule has 0 aliphatic carbocycles. The van der Waals surface area contributed by atoms with Crippen molar-refractivity contribution >= 4 is 17.5 Å². The van der Waals surface area contributed by atoms with Crippen LogP contribution in [0.5, 0.6) is 0 Å². The average Bonchev–Trinajstić information content (AvgIpc) is 2.47. The van der Waals surface area contributed by atoms with Crippen LogP contribution in [-0.2, 0) is 9.59 Å². The van der Waals surface area contributed by atoms with Gasteiger partial charge in [0.15, 0.2) is 0 Å². The number of carbonyl (C=O) groups is 2. The van der Waals surface area contributed by atoms with E-state index in [2.05, 4.69) is 10.2 Å². The molecule has 1 aliphatic heterocycles. The molecule has 1 aromatic carbocycles. The monoisotopic (exact) mass is 289 g/mol. The molecular formula is C16H23N3O2. The summed E-state index contributed by atoms with van der Waals surface area (Å²) in [5.41, 5.74) is 7.38. The highest BCUT2D eigenvalue weighted by atomic mass is 16.2. The molecule has 0 bridgehead atoms. The summed E-state index contributed by atoms with van der Waals surface area (Å²) in [6, 6.07) is 7.80. The number of para-hydroxylation sites is 1. The summed E-state index contributed by atoms with van der Waals surface area (Å²) in [5, 5.41) is 2.89. The van der Waals surface area contributed by atoms with Gasteiger partial charge in [0.05, 0.1) is 12.5 Å². The van der Waals surface area contributed by atoms with E-state index < -0.39 is 0 Å². The standard InChI is InChI=1S/C16H23N3O2/c1-3-8-18-15(20)10-19-11(2)9-13(16(17)21)12-6-4-5-7-14(12)19/h4-7,11,13H,3,8-10H2,1-2H3,(H2,17,21)(H,18,20)/t11-,13+/m0/s1. The number of amides is 2. The maximum absolute atomic E-state index is 12.0.